The smallest absolute Gasteiger partial charge is 0.00965 e. The van der Waals surface area contributed by atoms with Gasteiger partial charge < -0.3 is 10.2 Å². The van der Waals surface area contributed by atoms with Crippen LogP contribution in [0.4, 0.5) is 0 Å². The molecule has 1 aliphatic carbocycles. The van der Waals surface area contributed by atoms with Crippen molar-refractivity contribution >= 4 is 0 Å². The Hall–Kier alpha value is -0.0800. The van der Waals surface area contributed by atoms with E-state index in [0.29, 0.717) is 0 Å². The van der Waals surface area contributed by atoms with Gasteiger partial charge in [0.25, 0.3) is 0 Å². The predicted octanol–water partition coefficient (Wildman–Crippen LogP) is 3.13. The van der Waals surface area contributed by atoms with E-state index in [1.54, 1.807) is 0 Å². The molecule has 102 valence electrons. The maximum atomic E-state index is 3.56. The van der Waals surface area contributed by atoms with Crippen LogP contribution in [0, 0.1) is 11.8 Å². The Morgan fingerprint density at radius 1 is 1.35 bits per heavy atom. The molecule has 0 radical (unpaired) electrons. The normalized spacial score (nSPS) is 26.3. The van der Waals surface area contributed by atoms with Crippen LogP contribution >= 0.6 is 0 Å². The molecular formula is C15H32N2. The Morgan fingerprint density at radius 2 is 1.94 bits per heavy atom. The lowest BCUT2D eigenvalue weighted by molar-refractivity contribution is 0.228. The molecule has 0 aromatic heterocycles. The first kappa shape index (κ1) is 15.0. The Morgan fingerprint density at radius 3 is 2.41 bits per heavy atom. The van der Waals surface area contributed by atoms with Crippen LogP contribution in [0.15, 0.2) is 0 Å². The summed E-state index contributed by atoms with van der Waals surface area (Å²) in [6, 6.07) is 0.726. The monoisotopic (exact) mass is 240 g/mol. The van der Waals surface area contributed by atoms with Crippen LogP contribution in [-0.4, -0.2) is 36.6 Å². The van der Waals surface area contributed by atoms with Crippen molar-refractivity contribution in [2.24, 2.45) is 11.8 Å². The van der Waals surface area contributed by atoms with Crippen molar-refractivity contribution in [2.45, 2.75) is 65.5 Å². The molecule has 0 heterocycles. The third-order valence-electron chi connectivity index (χ3n) is 4.01. The zero-order valence-corrected chi connectivity index (χ0v) is 12.7. The number of nitrogens with one attached hydrogen (secondary N) is 1. The average molecular weight is 240 g/mol. The number of hydrogen-bond donors (Lipinski definition) is 1. The van der Waals surface area contributed by atoms with Gasteiger partial charge in [-0.3, -0.25) is 0 Å². The van der Waals surface area contributed by atoms with E-state index in [1.165, 1.54) is 25.8 Å². The predicted molar refractivity (Wildman–Crippen MR) is 76.4 cm³/mol. The maximum absolute atomic E-state index is 3.56. The molecule has 0 aliphatic heterocycles. The van der Waals surface area contributed by atoms with Crippen molar-refractivity contribution in [3.05, 3.63) is 0 Å². The second kappa shape index (κ2) is 6.19. The van der Waals surface area contributed by atoms with Crippen molar-refractivity contribution in [3.8, 4) is 0 Å². The first-order valence-electron chi connectivity index (χ1n) is 7.25. The summed E-state index contributed by atoms with van der Waals surface area (Å²) in [6.07, 6.45) is 4.03. The molecule has 3 unspecified atom stereocenters. The molecular weight excluding hydrogens is 208 g/mol. The maximum Gasteiger partial charge on any atom is 0.00965 e. The lowest BCUT2D eigenvalue weighted by Crippen LogP contribution is -2.37. The average Bonchev–Trinajstić information content (AvgIpc) is 2.87. The molecule has 3 atom stereocenters. The standard InChI is InChI=1S/C15H32N2/c1-12-10-14(12)11-17(6)13(2)8-7-9-16-15(3,4)5/h12-14,16H,7-11H2,1-6H3. The Labute approximate surface area is 108 Å². The van der Waals surface area contributed by atoms with E-state index in [0.717, 1.165) is 24.4 Å². The fourth-order valence-corrected chi connectivity index (χ4v) is 2.28. The molecule has 1 saturated carbocycles. The second-order valence-electron chi connectivity index (χ2n) is 7.08. The first-order chi connectivity index (χ1) is 7.79. The zero-order chi connectivity index (χ0) is 13.1. The summed E-state index contributed by atoms with van der Waals surface area (Å²) in [7, 11) is 2.28. The van der Waals surface area contributed by atoms with Gasteiger partial charge in [0.1, 0.15) is 0 Å². The summed E-state index contributed by atoms with van der Waals surface area (Å²) in [4.78, 5) is 2.55. The molecule has 17 heavy (non-hydrogen) atoms. The van der Waals surface area contributed by atoms with Crippen LogP contribution < -0.4 is 5.32 Å². The van der Waals surface area contributed by atoms with Gasteiger partial charge in [-0.15, -0.1) is 0 Å². The highest BCUT2D eigenvalue weighted by molar-refractivity contribution is 4.85. The van der Waals surface area contributed by atoms with Crippen LogP contribution in [0.25, 0.3) is 0 Å². The first-order valence-corrected chi connectivity index (χ1v) is 7.25. The minimum atomic E-state index is 0.262. The Balaban J connectivity index is 2.05. The molecule has 2 heteroatoms. The third-order valence-corrected chi connectivity index (χ3v) is 4.01. The van der Waals surface area contributed by atoms with E-state index >= 15 is 0 Å². The lowest BCUT2D eigenvalue weighted by Gasteiger charge is -2.26. The van der Waals surface area contributed by atoms with E-state index < -0.39 is 0 Å². The Kier molecular flexibility index (Phi) is 5.46. The van der Waals surface area contributed by atoms with Gasteiger partial charge in [-0.1, -0.05) is 6.92 Å². The van der Waals surface area contributed by atoms with Gasteiger partial charge in [-0.05, 0) is 72.4 Å². The quantitative estimate of drug-likeness (QED) is 0.688. The molecule has 2 nitrogen and oxygen atoms in total. The van der Waals surface area contributed by atoms with Crippen molar-refractivity contribution in [2.75, 3.05) is 20.1 Å². The molecule has 0 saturated heterocycles. The van der Waals surface area contributed by atoms with Gasteiger partial charge in [0.2, 0.25) is 0 Å². The third kappa shape index (κ3) is 6.42. The minimum absolute atomic E-state index is 0.262. The minimum Gasteiger partial charge on any atom is -0.312 e. The van der Waals surface area contributed by atoms with Crippen LogP contribution in [-0.2, 0) is 0 Å². The molecule has 1 aliphatic rings. The van der Waals surface area contributed by atoms with E-state index in [9.17, 15) is 0 Å². The fourth-order valence-electron chi connectivity index (χ4n) is 2.28. The van der Waals surface area contributed by atoms with Gasteiger partial charge >= 0.3 is 0 Å². The van der Waals surface area contributed by atoms with Gasteiger partial charge in [-0.2, -0.15) is 0 Å². The van der Waals surface area contributed by atoms with E-state index in [1.807, 2.05) is 0 Å². The van der Waals surface area contributed by atoms with E-state index in [-0.39, 0.29) is 5.54 Å². The van der Waals surface area contributed by atoms with Crippen molar-refractivity contribution < 1.29 is 0 Å². The lowest BCUT2D eigenvalue weighted by atomic mass is 10.1. The second-order valence-corrected chi connectivity index (χ2v) is 7.08. The zero-order valence-electron chi connectivity index (χ0n) is 12.7. The van der Waals surface area contributed by atoms with Gasteiger partial charge in [-0.25, -0.2) is 0 Å². The largest absolute Gasteiger partial charge is 0.312 e. The summed E-state index contributed by atoms with van der Waals surface area (Å²) in [5, 5.41) is 3.56. The highest BCUT2D eigenvalue weighted by Gasteiger charge is 2.33. The number of rotatable bonds is 7. The van der Waals surface area contributed by atoms with E-state index in [2.05, 4.69) is 51.9 Å². The van der Waals surface area contributed by atoms with E-state index in [4.69, 9.17) is 0 Å². The highest BCUT2D eigenvalue weighted by atomic mass is 15.1. The molecule has 1 fully saturated rings. The number of hydrogen-bond acceptors (Lipinski definition) is 2. The summed E-state index contributed by atoms with van der Waals surface area (Å²) in [5.41, 5.74) is 0.262. The topological polar surface area (TPSA) is 15.3 Å². The van der Waals surface area contributed by atoms with Crippen LogP contribution in [0.2, 0.25) is 0 Å². The molecule has 0 amide bonds. The van der Waals surface area contributed by atoms with Gasteiger partial charge in [0, 0.05) is 18.1 Å². The summed E-state index contributed by atoms with van der Waals surface area (Å²) in [6.45, 7) is 13.9. The fraction of sp³-hybridized carbons (Fsp3) is 1.00. The molecule has 0 spiro atoms. The molecule has 0 aromatic carbocycles. The van der Waals surface area contributed by atoms with Crippen molar-refractivity contribution in [3.63, 3.8) is 0 Å². The highest BCUT2D eigenvalue weighted by Crippen LogP contribution is 2.38. The van der Waals surface area contributed by atoms with Gasteiger partial charge in [0.05, 0.1) is 0 Å². The van der Waals surface area contributed by atoms with Crippen LogP contribution in [0.3, 0.4) is 0 Å². The molecule has 1 rings (SSSR count). The van der Waals surface area contributed by atoms with Crippen molar-refractivity contribution in [1.82, 2.24) is 10.2 Å². The number of nitrogens with zero attached hydrogens (tertiary/aromatic N) is 1. The molecule has 0 aromatic rings. The Bertz CT molecular complexity index is 219. The van der Waals surface area contributed by atoms with Crippen LogP contribution in [0.1, 0.15) is 53.9 Å². The van der Waals surface area contributed by atoms with Gasteiger partial charge in [0.15, 0.2) is 0 Å². The SMILES string of the molecule is CC1CC1CN(C)C(C)CCCNC(C)(C)C. The molecule has 0 bridgehead atoms. The summed E-state index contributed by atoms with van der Waals surface area (Å²) < 4.78 is 0. The molecule has 1 N–H and O–H groups in total. The van der Waals surface area contributed by atoms with Crippen LogP contribution in [0.5, 0.6) is 0 Å². The van der Waals surface area contributed by atoms with Crippen molar-refractivity contribution in [1.29, 1.82) is 0 Å². The summed E-state index contributed by atoms with van der Waals surface area (Å²) in [5.74, 6) is 1.96. The summed E-state index contributed by atoms with van der Waals surface area (Å²) >= 11 is 0.